The average molecular weight is 668 g/mol. The fourth-order valence-corrected chi connectivity index (χ4v) is 5.34. The van der Waals surface area contributed by atoms with Gasteiger partial charge in [0.15, 0.2) is 6.29 Å². The highest BCUT2D eigenvalue weighted by molar-refractivity contribution is 9.10. The smallest absolute Gasteiger partial charge is 0.186 e. The standard InChI is InChI=1S/C35H36BrClO6/c1-38-35-34(42-23-28-14-18-30(37)19-15-28)33(41-22-26-10-6-3-7-11-26)32(40-21-25-8-4-2-5-9-25)31(43-35)24-39-20-27-12-16-29(36)17-13-27/h2-19,31-35H,20-24H2,1H3. The van der Waals surface area contributed by atoms with Gasteiger partial charge in [-0.25, -0.2) is 0 Å². The van der Waals surface area contributed by atoms with Gasteiger partial charge in [-0.2, -0.15) is 0 Å². The lowest BCUT2D eigenvalue weighted by Gasteiger charge is -2.45. The van der Waals surface area contributed by atoms with Gasteiger partial charge >= 0.3 is 0 Å². The Morgan fingerprint density at radius 2 is 1.09 bits per heavy atom. The summed E-state index contributed by atoms with van der Waals surface area (Å²) in [7, 11) is 1.61. The highest BCUT2D eigenvalue weighted by atomic mass is 79.9. The topological polar surface area (TPSA) is 55.4 Å². The molecule has 0 bridgehead atoms. The molecule has 4 aromatic carbocycles. The van der Waals surface area contributed by atoms with E-state index in [1.165, 1.54) is 0 Å². The Balaban J connectivity index is 1.38. The van der Waals surface area contributed by atoms with Gasteiger partial charge in [0.05, 0.1) is 33.0 Å². The molecule has 1 aliphatic heterocycles. The lowest BCUT2D eigenvalue weighted by atomic mass is 9.97. The molecule has 226 valence electrons. The van der Waals surface area contributed by atoms with Gasteiger partial charge in [0, 0.05) is 16.6 Å². The fraction of sp³-hybridized carbons (Fsp3) is 0.314. The Hall–Kier alpha value is -2.59. The van der Waals surface area contributed by atoms with Crippen molar-refractivity contribution >= 4 is 27.5 Å². The van der Waals surface area contributed by atoms with Crippen LogP contribution in [0.2, 0.25) is 5.02 Å². The van der Waals surface area contributed by atoms with Crippen LogP contribution in [0.4, 0.5) is 0 Å². The van der Waals surface area contributed by atoms with Crippen molar-refractivity contribution in [2.45, 2.75) is 57.1 Å². The minimum absolute atomic E-state index is 0.282. The van der Waals surface area contributed by atoms with Gasteiger partial charge in [-0.1, -0.05) is 112 Å². The molecule has 0 spiro atoms. The van der Waals surface area contributed by atoms with Crippen molar-refractivity contribution in [3.8, 4) is 0 Å². The molecule has 43 heavy (non-hydrogen) atoms. The van der Waals surface area contributed by atoms with Crippen LogP contribution in [-0.4, -0.2) is 44.4 Å². The number of hydrogen-bond donors (Lipinski definition) is 0. The number of ether oxygens (including phenoxy) is 6. The highest BCUT2D eigenvalue weighted by Gasteiger charge is 2.48. The van der Waals surface area contributed by atoms with Gasteiger partial charge in [-0.3, -0.25) is 0 Å². The van der Waals surface area contributed by atoms with E-state index in [0.717, 1.165) is 26.7 Å². The van der Waals surface area contributed by atoms with Crippen molar-refractivity contribution in [3.05, 3.63) is 141 Å². The Morgan fingerprint density at radius 3 is 1.67 bits per heavy atom. The van der Waals surface area contributed by atoms with Crippen LogP contribution in [0.3, 0.4) is 0 Å². The summed E-state index contributed by atoms with van der Waals surface area (Å²) in [5.74, 6) is 0. The Kier molecular flexibility index (Phi) is 12.2. The van der Waals surface area contributed by atoms with E-state index in [-0.39, 0.29) is 6.61 Å². The molecule has 5 rings (SSSR count). The minimum atomic E-state index is -0.703. The van der Waals surface area contributed by atoms with Crippen molar-refractivity contribution in [2.75, 3.05) is 13.7 Å². The number of methoxy groups -OCH3 is 1. The predicted molar refractivity (Wildman–Crippen MR) is 170 cm³/mol. The SMILES string of the molecule is COC1OC(COCc2ccc(Br)cc2)C(OCc2ccccc2)C(OCc2ccccc2)C1OCc1ccc(Cl)cc1. The largest absolute Gasteiger partial charge is 0.374 e. The van der Waals surface area contributed by atoms with E-state index in [1.54, 1.807) is 7.11 Å². The molecule has 0 N–H and O–H groups in total. The van der Waals surface area contributed by atoms with Crippen LogP contribution < -0.4 is 0 Å². The molecule has 1 heterocycles. The van der Waals surface area contributed by atoms with Crippen LogP contribution in [-0.2, 0) is 54.8 Å². The summed E-state index contributed by atoms with van der Waals surface area (Å²) in [5.41, 5.74) is 4.13. The molecule has 1 aliphatic rings. The van der Waals surface area contributed by atoms with Gasteiger partial charge in [0.2, 0.25) is 0 Å². The van der Waals surface area contributed by atoms with Crippen molar-refractivity contribution in [1.29, 1.82) is 0 Å². The maximum absolute atomic E-state index is 6.64. The number of hydrogen-bond acceptors (Lipinski definition) is 6. The van der Waals surface area contributed by atoms with E-state index >= 15 is 0 Å². The molecule has 1 saturated heterocycles. The maximum atomic E-state index is 6.64. The summed E-state index contributed by atoms with van der Waals surface area (Å²) in [6.07, 6.45) is -2.77. The third-order valence-corrected chi connectivity index (χ3v) is 7.99. The zero-order valence-electron chi connectivity index (χ0n) is 24.0. The first-order valence-corrected chi connectivity index (χ1v) is 15.4. The average Bonchev–Trinajstić information content (AvgIpc) is 3.05. The maximum Gasteiger partial charge on any atom is 0.186 e. The molecule has 5 unspecified atom stereocenters. The Morgan fingerprint density at radius 1 is 0.605 bits per heavy atom. The normalized spacial score (nSPS) is 22.0. The van der Waals surface area contributed by atoms with Crippen LogP contribution in [0, 0.1) is 0 Å². The molecule has 0 saturated carbocycles. The van der Waals surface area contributed by atoms with Crippen LogP contribution in [0.25, 0.3) is 0 Å². The van der Waals surface area contributed by atoms with Crippen molar-refractivity contribution in [3.63, 3.8) is 0 Å². The molecular formula is C35H36BrClO6. The molecule has 4 aromatic rings. The van der Waals surface area contributed by atoms with Crippen molar-refractivity contribution in [1.82, 2.24) is 0 Å². The lowest BCUT2D eigenvalue weighted by Crippen LogP contribution is -2.61. The molecule has 0 amide bonds. The number of rotatable bonds is 14. The molecule has 6 nitrogen and oxygen atoms in total. The highest BCUT2D eigenvalue weighted by Crippen LogP contribution is 2.31. The minimum Gasteiger partial charge on any atom is -0.374 e. The van der Waals surface area contributed by atoms with Gasteiger partial charge in [0.1, 0.15) is 24.4 Å². The van der Waals surface area contributed by atoms with E-state index in [9.17, 15) is 0 Å². The Bertz CT molecular complexity index is 1360. The van der Waals surface area contributed by atoms with E-state index in [1.807, 2.05) is 109 Å². The van der Waals surface area contributed by atoms with Gasteiger partial charge in [-0.15, -0.1) is 0 Å². The molecule has 0 aromatic heterocycles. The second kappa shape index (κ2) is 16.5. The summed E-state index contributed by atoms with van der Waals surface area (Å²) in [6, 6.07) is 35.7. The molecule has 0 aliphatic carbocycles. The molecular weight excluding hydrogens is 632 g/mol. The first-order valence-electron chi connectivity index (χ1n) is 14.3. The van der Waals surface area contributed by atoms with E-state index in [2.05, 4.69) is 15.9 Å². The first kappa shape index (κ1) is 31.8. The summed E-state index contributed by atoms with van der Waals surface area (Å²) in [6.45, 7) is 1.80. The summed E-state index contributed by atoms with van der Waals surface area (Å²) in [4.78, 5) is 0. The van der Waals surface area contributed by atoms with E-state index in [0.29, 0.717) is 31.5 Å². The molecule has 1 fully saturated rings. The van der Waals surface area contributed by atoms with E-state index < -0.39 is 30.7 Å². The van der Waals surface area contributed by atoms with Gasteiger partial charge < -0.3 is 28.4 Å². The second-order valence-electron chi connectivity index (χ2n) is 10.3. The quantitative estimate of drug-likeness (QED) is 0.137. The zero-order chi connectivity index (χ0) is 29.9. The molecule has 0 radical (unpaired) electrons. The summed E-state index contributed by atoms with van der Waals surface area (Å²) >= 11 is 9.59. The zero-order valence-corrected chi connectivity index (χ0v) is 26.4. The number of halogens is 2. The lowest BCUT2D eigenvalue weighted by molar-refractivity contribution is -0.323. The van der Waals surface area contributed by atoms with E-state index in [4.69, 9.17) is 40.0 Å². The second-order valence-corrected chi connectivity index (χ2v) is 11.7. The van der Waals surface area contributed by atoms with Gasteiger partial charge in [-0.05, 0) is 46.5 Å². The summed E-state index contributed by atoms with van der Waals surface area (Å²) in [5, 5.41) is 0.670. The van der Waals surface area contributed by atoms with Gasteiger partial charge in [0.25, 0.3) is 0 Å². The van der Waals surface area contributed by atoms with Crippen LogP contribution >= 0.6 is 27.5 Å². The third-order valence-electron chi connectivity index (χ3n) is 7.21. The number of benzene rings is 4. The Labute approximate surface area is 266 Å². The monoisotopic (exact) mass is 666 g/mol. The fourth-order valence-electron chi connectivity index (χ4n) is 4.95. The van der Waals surface area contributed by atoms with Crippen molar-refractivity contribution in [2.24, 2.45) is 0 Å². The third kappa shape index (κ3) is 9.45. The molecule has 8 heteroatoms. The molecule has 5 atom stereocenters. The van der Waals surface area contributed by atoms with Crippen LogP contribution in [0.5, 0.6) is 0 Å². The first-order chi connectivity index (χ1) is 21.1. The predicted octanol–water partition coefficient (Wildman–Crippen LogP) is 7.75. The van der Waals surface area contributed by atoms with Crippen LogP contribution in [0.1, 0.15) is 22.3 Å². The van der Waals surface area contributed by atoms with Crippen molar-refractivity contribution < 1.29 is 28.4 Å². The summed E-state index contributed by atoms with van der Waals surface area (Å²) < 4.78 is 39.3. The van der Waals surface area contributed by atoms with Crippen LogP contribution in [0.15, 0.2) is 114 Å².